The quantitative estimate of drug-likeness (QED) is 0.322. The summed E-state index contributed by atoms with van der Waals surface area (Å²) in [5, 5.41) is 0.591. The fourth-order valence-electron chi connectivity index (χ4n) is 4.53. The minimum atomic E-state index is -2.50. The van der Waals surface area contributed by atoms with Crippen LogP contribution in [-0.2, 0) is 9.47 Å². The zero-order valence-electron chi connectivity index (χ0n) is 21.7. The van der Waals surface area contributed by atoms with Crippen molar-refractivity contribution in [2.75, 3.05) is 13.2 Å². The van der Waals surface area contributed by atoms with Crippen LogP contribution in [-0.4, -0.2) is 36.6 Å². The molecule has 1 aliphatic rings. The third kappa shape index (κ3) is 6.23. The first-order valence-electron chi connectivity index (χ1n) is 12.4. The number of hydrogen-bond acceptors (Lipinski definition) is 5. The van der Waals surface area contributed by atoms with E-state index in [2.05, 4.69) is 20.8 Å². The van der Waals surface area contributed by atoms with Crippen molar-refractivity contribution in [2.45, 2.75) is 81.7 Å². The summed E-state index contributed by atoms with van der Waals surface area (Å²) >= 11 is 8.24. The zero-order valence-corrected chi connectivity index (χ0v) is 23.3. The molecular weight excluding hydrogens is 502 g/mol. The number of aliphatic imine (C=N–C) groups is 2. The van der Waals surface area contributed by atoms with Gasteiger partial charge in [0.1, 0.15) is 11.6 Å². The molecule has 4 nitrogen and oxygen atoms in total. The van der Waals surface area contributed by atoms with Crippen molar-refractivity contribution in [3.05, 3.63) is 58.6 Å². The second kappa shape index (κ2) is 12.4. The highest BCUT2D eigenvalue weighted by Crippen LogP contribution is 2.43. The first-order valence-corrected chi connectivity index (χ1v) is 13.6. The molecule has 0 aliphatic carbocycles. The van der Waals surface area contributed by atoms with Crippen molar-refractivity contribution in [3.8, 4) is 0 Å². The summed E-state index contributed by atoms with van der Waals surface area (Å²) in [4.78, 5) is 11.7. The average molecular weight is 537 g/mol. The van der Waals surface area contributed by atoms with Gasteiger partial charge >= 0.3 is 0 Å². The maximum atomic E-state index is 13.1. The van der Waals surface area contributed by atoms with Crippen LogP contribution in [0.4, 0.5) is 8.78 Å². The Morgan fingerprint density at radius 1 is 1.03 bits per heavy atom. The van der Waals surface area contributed by atoms with Gasteiger partial charge in [-0.1, -0.05) is 62.3 Å². The smallest absolute Gasteiger partial charge is 0.263 e. The van der Waals surface area contributed by atoms with E-state index in [4.69, 9.17) is 31.1 Å². The maximum absolute atomic E-state index is 13.1. The predicted octanol–water partition coefficient (Wildman–Crippen LogP) is 8.59. The van der Waals surface area contributed by atoms with Gasteiger partial charge in [-0.2, -0.15) is 0 Å². The fourth-order valence-corrected chi connectivity index (χ4v) is 5.83. The van der Waals surface area contributed by atoms with Crippen molar-refractivity contribution in [3.63, 3.8) is 0 Å². The molecule has 0 fully saturated rings. The topological polar surface area (TPSA) is 43.2 Å². The van der Waals surface area contributed by atoms with Gasteiger partial charge in [0, 0.05) is 26.3 Å². The Balaban J connectivity index is 1.98. The highest BCUT2D eigenvalue weighted by molar-refractivity contribution is 7.99. The molecule has 8 heteroatoms. The SMILES string of the molecule is CCOC1=N[C@](C)(C(CC)c2ccc(Sc3cccc(C(F)F)c3)cc2Cl)C(OCC)=N[C@H]1C(C)C. The van der Waals surface area contributed by atoms with E-state index in [0.29, 0.717) is 30.0 Å². The molecule has 0 saturated heterocycles. The molecule has 0 spiro atoms. The molecule has 1 heterocycles. The normalized spacial score (nSPS) is 20.8. The number of nitrogens with zero attached hydrogens (tertiary/aromatic N) is 2. The van der Waals surface area contributed by atoms with Gasteiger partial charge < -0.3 is 9.47 Å². The lowest BCUT2D eigenvalue weighted by Crippen LogP contribution is -2.48. The van der Waals surface area contributed by atoms with Crippen LogP contribution in [0.1, 0.15) is 71.4 Å². The van der Waals surface area contributed by atoms with Gasteiger partial charge in [0.2, 0.25) is 11.8 Å². The van der Waals surface area contributed by atoms with E-state index in [9.17, 15) is 8.78 Å². The lowest BCUT2D eigenvalue weighted by molar-refractivity contribution is 0.151. The molecule has 0 radical (unpaired) electrons. The molecule has 3 atom stereocenters. The monoisotopic (exact) mass is 536 g/mol. The van der Waals surface area contributed by atoms with E-state index in [-0.39, 0.29) is 23.4 Å². The third-order valence-electron chi connectivity index (χ3n) is 6.27. The second-order valence-electron chi connectivity index (χ2n) is 9.21. The van der Waals surface area contributed by atoms with Gasteiger partial charge in [0.15, 0.2) is 0 Å². The summed E-state index contributed by atoms with van der Waals surface area (Å²) in [5.41, 5.74) is 0.150. The lowest BCUT2D eigenvalue weighted by Gasteiger charge is -2.39. The van der Waals surface area contributed by atoms with Gasteiger partial charge in [-0.05, 0) is 62.9 Å². The Hall–Kier alpha value is -2.12. The van der Waals surface area contributed by atoms with E-state index in [1.54, 1.807) is 6.07 Å². The molecule has 2 aromatic rings. The first-order chi connectivity index (χ1) is 17.1. The second-order valence-corrected chi connectivity index (χ2v) is 10.8. The molecule has 0 bridgehead atoms. The lowest BCUT2D eigenvalue weighted by atomic mass is 9.77. The number of halogens is 3. The van der Waals surface area contributed by atoms with Crippen LogP contribution in [0.2, 0.25) is 5.02 Å². The van der Waals surface area contributed by atoms with Crippen LogP contribution in [0.25, 0.3) is 0 Å². The molecule has 196 valence electrons. The Kier molecular flexibility index (Phi) is 9.81. The minimum absolute atomic E-state index is 0.00407. The summed E-state index contributed by atoms with van der Waals surface area (Å²) in [5.74, 6) is 1.32. The highest BCUT2D eigenvalue weighted by Gasteiger charge is 2.46. The molecule has 0 amide bonds. The molecule has 0 aromatic heterocycles. The molecule has 1 aliphatic heterocycles. The minimum Gasteiger partial charge on any atom is -0.480 e. The van der Waals surface area contributed by atoms with Crippen molar-refractivity contribution < 1.29 is 18.3 Å². The molecular formula is C28H35ClF2N2O2S. The summed E-state index contributed by atoms with van der Waals surface area (Å²) in [7, 11) is 0. The fraction of sp³-hybridized carbons (Fsp3) is 0.500. The van der Waals surface area contributed by atoms with Gasteiger partial charge in [-0.3, -0.25) is 0 Å². The maximum Gasteiger partial charge on any atom is 0.263 e. The number of alkyl halides is 2. The van der Waals surface area contributed by atoms with Crippen molar-refractivity contribution >= 4 is 35.2 Å². The van der Waals surface area contributed by atoms with Gasteiger partial charge in [-0.15, -0.1) is 0 Å². The molecule has 0 N–H and O–H groups in total. The van der Waals surface area contributed by atoms with Crippen molar-refractivity contribution in [1.29, 1.82) is 0 Å². The Morgan fingerprint density at radius 2 is 1.72 bits per heavy atom. The van der Waals surface area contributed by atoms with Gasteiger partial charge in [-0.25, -0.2) is 18.8 Å². The average Bonchev–Trinajstić information content (AvgIpc) is 2.82. The van der Waals surface area contributed by atoms with Crippen LogP contribution < -0.4 is 0 Å². The van der Waals surface area contributed by atoms with Crippen molar-refractivity contribution in [2.24, 2.45) is 15.9 Å². The summed E-state index contributed by atoms with van der Waals surface area (Å²) < 4.78 is 38.2. The first kappa shape index (κ1) is 28.5. The molecule has 36 heavy (non-hydrogen) atoms. The number of ether oxygens (including phenoxy) is 2. The summed E-state index contributed by atoms with van der Waals surface area (Å²) in [6.45, 7) is 13.2. The largest absolute Gasteiger partial charge is 0.480 e. The number of benzene rings is 2. The third-order valence-corrected chi connectivity index (χ3v) is 7.58. The van der Waals surface area contributed by atoms with E-state index < -0.39 is 12.0 Å². The standard InChI is InChI=1S/C28H35ClF2N2O2S/c1-7-22(28(6)27(35-9-3)32-24(17(4)5)26(33-28)34-8-2)21-14-13-20(16-23(21)29)36-19-12-10-11-18(15-19)25(30)31/h10-17,22,24-25H,7-9H2,1-6H3/t22?,24-,28+/m0/s1. The number of hydrogen-bond donors (Lipinski definition) is 0. The van der Waals surface area contributed by atoms with E-state index in [0.717, 1.165) is 21.8 Å². The number of rotatable bonds is 9. The van der Waals surface area contributed by atoms with E-state index >= 15 is 0 Å². The predicted molar refractivity (Wildman–Crippen MR) is 145 cm³/mol. The Bertz CT molecular complexity index is 1110. The van der Waals surface area contributed by atoms with Crippen LogP contribution in [0.3, 0.4) is 0 Å². The Labute approximate surface area is 222 Å². The molecule has 2 aromatic carbocycles. The molecule has 3 rings (SSSR count). The van der Waals surface area contributed by atoms with Crippen LogP contribution in [0.5, 0.6) is 0 Å². The van der Waals surface area contributed by atoms with Gasteiger partial charge in [0.25, 0.3) is 6.43 Å². The zero-order chi connectivity index (χ0) is 26.5. The van der Waals surface area contributed by atoms with Crippen LogP contribution >= 0.6 is 23.4 Å². The van der Waals surface area contributed by atoms with E-state index in [1.165, 1.54) is 23.9 Å². The summed E-state index contributed by atoms with van der Waals surface area (Å²) in [6, 6.07) is 12.0. The molecule has 1 unspecified atom stereocenters. The van der Waals surface area contributed by atoms with Crippen molar-refractivity contribution in [1.82, 2.24) is 0 Å². The highest BCUT2D eigenvalue weighted by atomic mass is 35.5. The van der Waals surface area contributed by atoms with E-state index in [1.807, 2.05) is 45.0 Å². The van der Waals surface area contributed by atoms with Crippen LogP contribution in [0.15, 0.2) is 62.2 Å². The van der Waals surface area contributed by atoms with Gasteiger partial charge in [0.05, 0.1) is 13.2 Å². The summed E-state index contributed by atoms with van der Waals surface area (Å²) in [6.07, 6.45) is -1.75. The Morgan fingerprint density at radius 3 is 2.31 bits per heavy atom. The molecule has 0 saturated carbocycles. The van der Waals surface area contributed by atoms with Crippen LogP contribution in [0, 0.1) is 5.92 Å².